The van der Waals surface area contributed by atoms with Gasteiger partial charge >= 0.3 is 0 Å². The van der Waals surface area contributed by atoms with Gasteiger partial charge < -0.3 is 5.32 Å². The Balaban J connectivity index is 2.07. The second-order valence-corrected chi connectivity index (χ2v) is 7.54. The van der Waals surface area contributed by atoms with Crippen molar-refractivity contribution in [3.8, 4) is 0 Å². The average Bonchev–Trinajstić information content (AvgIpc) is 2.50. The van der Waals surface area contributed by atoms with Gasteiger partial charge in [-0.2, -0.15) is 0 Å². The molecule has 1 aromatic carbocycles. The molecule has 0 aliphatic carbocycles. The summed E-state index contributed by atoms with van der Waals surface area (Å²) >= 11 is 3.38. The van der Waals surface area contributed by atoms with Gasteiger partial charge in [-0.1, -0.05) is 29.8 Å². The molecule has 21 heavy (non-hydrogen) atoms. The van der Waals surface area contributed by atoms with E-state index in [0.29, 0.717) is 18.0 Å². The third-order valence-electron chi connectivity index (χ3n) is 4.14. The third kappa shape index (κ3) is 5.35. The van der Waals surface area contributed by atoms with Crippen molar-refractivity contribution in [3.05, 3.63) is 34.1 Å². The van der Waals surface area contributed by atoms with Gasteiger partial charge in [-0.05, 0) is 56.0 Å². The normalized spacial score (nSPS) is 24.3. The molecule has 2 nitrogen and oxygen atoms in total. The van der Waals surface area contributed by atoms with Gasteiger partial charge in [-0.25, -0.2) is 4.39 Å². The Bertz CT molecular complexity index is 444. The molecule has 1 aromatic rings. The lowest BCUT2D eigenvalue weighted by Crippen LogP contribution is -2.40. The summed E-state index contributed by atoms with van der Waals surface area (Å²) in [6.45, 7) is 9.73. The number of benzene rings is 1. The van der Waals surface area contributed by atoms with Crippen LogP contribution in [-0.2, 0) is 6.54 Å². The summed E-state index contributed by atoms with van der Waals surface area (Å²) in [6.07, 6.45) is 2.33. The lowest BCUT2D eigenvalue weighted by molar-refractivity contribution is 0.189. The highest BCUT2D eigenvalue weighted by Crippen LogP contribution is 2.20. The van der Waals surface area contributed by atoms with Crippen LogP contribution in [0.25, 0.3) is 0 Å². The van der Waals surface area contributed by atoms with Crippen LogP contribution in [0.1, 0.15) is 39.2 Å². The molecule has 1 saturated heterocycles. The first-order valence-electron chi connectivity index (χ1n) is 7.86. The Labute approximate surface area is 136 Å². The summed E-state index contributed by atoms with van der Waals surface area (Å²) in [5.74, 6) is 0.528. The van der Waals surface area contributed by atoms with Crippen molar-refractivity contribution in [2.24, 2.45) is 5.92 Å². The van der Waals surface area contributed by atoms with Gasteiger partial charge in [0.2, 0.25) is 0 Å². The molecule has 0 saturated carbocycles. The molecule has 2 unspecified atom stereocenters. The van der Waals surface area contributed by atoms with E-state index < -0.39 is 0 Å². The van der Waals surface area contributed by atoms with Gasteiger partial charge in [0.05, 0.1) is 0 Å². The maximum atomic E-state index is 13.5. The fraction of sp³-hybridized carbons (Fsp3) is 0.647. The summed E-state index contributed by atoms with van der Waals surface area (Å²) in [6, 6.07) is 6.24. The molecule has 1 aliphatic rings. The second-order valence-electron chi connectivity index (χ2n) is 6.63. The zero-order chi connectivity index (χ0) is 15.4. The molecule has 2 rings (SSSR count). The number of hydrogen-bond acceptors (Lipinski definition) is 2. The SMILES string of the molecule is CC(C)CC1CN(Cc2cc(F)cc(Br)c2)C(C)CCN1. The standard InChI is InChI=1S/C17H26BrFN2/c1-12(2)6-17-11-21(13(3)4-5-20-17)10-14-7-15(18)9-16(19)8-14/h7-9,12-13,17,20H,4-6,10-11H2,1-3H3. The molecule has 1 aliphatic heterocycles. The maximum absolute atomic E-state index is 13.5. The molecule has 1 fully saturated rings. The Kier molecular flexibility index (Phi) is 6.20. The zero-order valence-electron chi connectivity index (χ0n) is 13.2. The number of nitrogens with one attached hydrogen (secondary N) is 1. The first kappa shape index (κ1) is 16.9. The van der Waals surface area contributed by atoms with Crippen LogP contribution in [-0.4, -0.2) is 30.1 Å². The smallest absolute Gasteiger partial charge is 0.124 e. The first-order valence-corrected chi connectivity index (χ1v) is 8.65. The van der Waals surface area contributed by atoms with Crippen LogP contribution in [0.4, 0.5) is 4.39 Å². The van der Waals surface area contributed by atoms with Crippen molar-refractivity contribution < 1.29 is 4.39 Å². The number of rotatable bonds is 4. The van der Waals surface area contributed by atoms with Crippen LogP contribution in [0.3, 0.4) is 0 Å². The van der Waals surface area contributed by atoms with Crippen molar-refractivity contribution in [2.45, 2.75) is 52.2 Å². The van der Waals surface area contributed by atoms with E-state index in [0.717, 1.165) is 36.1 Å². The van der Waals surface area contributed by atoms with Crippen molar-refractivity contribution in [2.75, 3.05) is 13.1 Å². The lowest BCUT2D eigenvalue weighted by Gasteiger charge is -2.29. The predicted molar refractivity (Wildman–Crippen MR) is 89.8 cm³/mol. The predicted octanol–water partition coefficient (Wildman–Crippen LogP) is 4.19. The van der Waals surface area contributed by atoms with Gasteiger partial charge in [0.1, 0.15) is 5.82 Å². The van der Waals surface area contributed by atoms with Crippen LogP contribution >= 0.6 is 15.9 Å². The van der Waals surface area contributed by atoms with Gasteiger partial charge in [-0.3, -0.25) is 4.90 Å². The summed E-state index contributed by atoms with van der Waals surface area (Å²) < 4.78 is 14.4. The van der Waals surface area contributed by atoms with Gasteiger partial charge in [-0.15, -0.1) is 0 Å². The quantitative estimate of drug-likeness (QED) is 0.869. The minimum atomic E-state index is -0.168. The van der Waals surface area contributed by atoms with Crippen LogP contribution in [0.2, 0.25) is 0 Å². The Morgan fingerprint density at radius 3 is 2.81 bits per heavy atom. The largest absolute Gasteiger partial charge is 0.313 e. The maximum Gasteiger partial charge on any atom is 0.124 e. The first-order chi connectivity index (χ1) is 9.94. The Morgan fingerprint density at radius 2 is 2.14 bits per heavy atom. The van der Waals surface area contributed by atoms with Gasteiger partial charge in [0.25, 0.3) is 0 Å². The van der Waals surface area contributed by atoms with E-state index in [1.165, 1.54) is 12.5 Å². The highest BCUT2D eigenvalue weighted by Gasteiger charge is 2.23. The molecule has 1 N–H and O–H groups in total. The van der Waals surface area contributed by atoms with Gasteiger partial charge in [0.15, 0.2) is 0 Å². The molecule has 0 radical (unpaired) electrons. The molecule has 1 heterocycles. The van der Waals surface area contributed by atoms with E-state index in [-0.39, 0.29) is 5.82 Å². The molecule has 0 bridgehead atoms. The van der Waals surface area contributed by atoms with Crippen molar-refractivity contribution >= 4 is 15.9 Å². The molecule has 2 atom stereocenters. The van der Waals surface area contributed by atoms with Crippen LogP contribution < -0.4 is 5.32 Å². The Morgan fingerprint density at radius 1 is 1.38 bits per heavy atom. The minimum absolute atomic E-state index is 0.168. The monoisotopic (exact) mass is 356 g/mol. The zero-order valence-corrected chi connectivity index (χ0v) is 14.8. The van der Waals surface area contributed by atoms with E-state index in [1.54, 1.807) is 6.07 Å². The summed E-state index contributed by atoms with van der Waals surface area (Å²) in [7, 11) is 0. The highest BCUT2D eigenvalue weighted by molar-refractivity contribution is 9.10. The van der Waals surface area contributed by atoms with Gasteiger partial charge in [0, 0.05) is 29.6 Å². The van der Waals surface area contributed by atoms with E-state index in [2.05, 4.69) is 46.9 Å². The summed E-state index contributed by atoms with van der Waals surface area (Å²) in [4.78, 5) is 2.48. The van der Waals surface area contributed by atoms with E-state index in [9.17, 15) is 4.39 Å². The third-order valence-corrected chi connectivity index (χ3v) is 4.60. The molecule has 0 aromatic heterocycles. The van der Waals surface area contributed by atoms with E-state index in [1.807, 2.05) is 6.07 Å². The second kappa shape index (κ2) is 7.70. The number of nitrogens with zero attached hydrogens (tertiary/aromatic N) is 1. The summed E-state index contributed by atoms with van der Waals surface area (Å²) in [5, 5.41) is 3.66. The fourth-order valence-electron chi connectivity index (χ4n) is 3.09. The molecule has 118 valence electrons. The van der Waals surface area contributed by atoms with Crippen LogP contribution in [0, 0.1) is 11.7 Å². The fourth-order valence-corrected chi connectivity index (χ4v) is 3.60. The van der Waals surface area contributed by atoms with Crippen LogP contribution in [0.5, 0.6) is 0 Å². The molecular formula is C17H26BrFN2. The number of halogens is 2. The van der Waals surface area contributed by atoms with Crippen molar-refractivity contribution in [3.63, 3.8) is 0 Å². The van der Waals surface area contributed by atoms with Crippen molar-refractivity contribution in [1.82, 2.24) is 10.2 Å². The topological polar surface area (TPSA) is 15.3 Å². The lowest BCUT2D eigenvalue weighted by atomic mass is 10.0. The molecule has 0 spiro atoms. The molecule has 4 heteroatoms. The van der Waals surface area contributed by atoms with E-state index in [4.69, 9.17) is 0 Å². The van der Waals surface area contributed by atoms with Crippen LogP contribution in [0.15, 0.2) is 22.7 Å². The summed E-state index contributed by atoms with van der Waals surface area (Å²) in [5.41, 5.74) is 1.04. The minimum Gasteiger partial charge on any atom is -0.313 e. The van der Waals surface area contributed by atoms with E-state index >= 15 is 0 Å². The molecule has 0 amide bonds. The number of hydrogen-bond donors (Lipinski definition) is 1. The average molecular weight is 357 g/mol. The molecular weight excluding hydrogens is 331 g/mol. The Hall–Kier alpha value is -0.450. The van der Waals surface area contributed by atoms with Crippen molar-refractivity contribution in [1.29, 1.82) is 0 Å². The highest BCUT2D eigenvalue weighted by atomic mass is 79.9.